The smallest absolute Gasteiger partial charge is 1.00 e. The van der Waals surface area contributed by atoms with Crippen molar-refractivity contribution in [1.82, 2.24) is 0 Å². The van der Waals surface area contributed by atoms with Crippen LogP contribution < -0.4 is 51.4 Å². The molecule has 0 aliphatic heterocycles. The average Bonchev–Trinajstić information content (AvgIpc) is 1.69. The molecule has 0 aliphatic carbocycles. The Hall–Kier alpha value is 2.25. The Bertz CT molecular complexity index is 107. The molecule has 0 saturated heterocycles. The van der Waals surface area contributed by atoms with Crippen molar-refractivity contribution < 1.29 is 74.4 Å². The van der Waals surface area contributed by atoms with Crippen LogP contribution in [0.4, 0.5) is 0 Å². The topological polar surface area (TPSA) is 47.6 Å². The predicted octanol–water partition coefficient (Wildman–Crippen LogP) is -1.56. The molecule has 0 heterocycles. The van der Waals surface area contributed by atoms with Gasteiger partial charge in [-0.15, -0.1) is 0 Å². The van der Waals surface area contributed by atoms with Crippen LogP contribution in [0, 0.1) is 21.3 Å². The Morgan fingerprint density at radius 3 is 1.88 bits per heavy atom. The molecule has 0 aromatic carbocycles. The molecule has 0 N–H and O–H groups in total. The second kappa shape index (κ2) is 12.0. The minimum absolute atomic E-state index is 0. The van der Waals surface area contributed by atoms with Gasteiger partial charge in [-0.3, -0.25) is 0 Å². The predicted molar refractivity (Wildman–Crippen MR) is 27.5 cm³/mol. The molecule has 0 amide bonds. The summed E-state index contributed by atoms with van der Waals surface area (Å²) in [5.41, 5.74) is 0. The number of nitriles is 2. The van der Waals surface area contributed by atoms with Crippen molar-refractivity contribution in [2.24, 2.45) is 0 Å². The zero-order chi connectivity index (χ0) is 5.54. The first kappa shape index (κ1) is 12.9. The monoisotopic (exact) mass is 358 g/mol. The molecule has 2 nitrogen and oxygen atoms in total. The van der Waals surface area contributed by atoms with Crippen LogP contribution in [-0.4, -0.2) is 0 Å². The quantitative estimate of drug-likeness (QED) is 0.341. The summed E-state index contributed by atoms with van der Waals surface area (Å²) in [4.78, 5) is 0. The number of rotatable bonds is 2. The maximum Gasteiger partial charge on any atom is 1.00 e. The standard InChI is InChI=1S/2CHNS.Hg.K.H/c2*2-1-3;;;/h2*3H;;;/q;;+2;+1;-1/p-2. The van der Waals surface area contributed by atoms with Crippen molar-refractivity contribution in [3.8, 4) is 10.8 Å². The van der Waals surface area contributed by atoms with E-state index in [0.717, 1.165) is 0 Å². The van der Waals surface area contributed by atoms with Gasteiger partial charge in [-0.1, -0.05) is 0 Å². The summed E-state index contributed by atoms with van der Waals surface area (Å²) in [6, 6.07) is 0. The first-order valence-corrected chi connectivity index (χ1v) is 16.9. The number of hydrogen-bond acceptors (Lipinski definition) is 4. The molecular formula is C2HHgKN2S2. The van der Waals surface area contributed by atoms with E-state index in [0.29, 0.717) is 0 Å². The number of hydrogen-bond donors (Lipinski definition) is 0. The van der Waals surface area contributed by atoms with Crippen molar-refractivity contribution in [2.45, 2.75) is 0 Å². The summed E-state index contributed by atoms with van der Waals surface area (Å²) < 4.78 is 0. The Balaban J connectivity index is -0.000000180. The second-order valence-electron chi connectivity index (χ2n) is 0.589. The van der Waals surface area contributed by atoms with Gasteiger partial charge in [0.05, 0.1) is 0 Å². The van der Waals surface area contributed by atoms with Crippen LogP contribution in [0.2, 0.25) is 0 Å². The average molecular weight is 357 g/mol. The maximum absolute atomic E-state index is 7.94. The van der Waals surface area contributed by atoms with E-state index in [4.69, 9.17) is 10.5 Å². The van der Waals surface area contributed by atoms with Crippen molar-refractivity contribution >= 4 is 16.5 Å². The molecule has 6 heteroatoms. The summed E-state index contributed by atoms with van der Waals surface area (Å²) in [6.07, 6.45) is 0. The van der Waals surface area contributed by atoms with Gasteiger partial charge in [-0.2, -0.15) is 0 Å². The molecule has 0 unspecified atom stereocenters. The second-order valence-corrected chi connectivity index (χ2v) is 17.5. The van der Waals surface area contributed by atoms with E-state index in [1.807, 2.05) is 10.8 Å². The summed E-state index contributed by atoms with van der Waals surface area (Å²) in [6.45, 7) is 0. The van der Waals surface area contributed by atoms with Gasteiger partial charge in [0, 0.05) is 0 Å². The SMILES string of the molecule is N#C[S][Hg][S]C#N.[H-].[K+]. The molecule has 0 rings (SSSR count). The van der Waals surface area contributed by atoms with Gasteiger partial charge < -0.3 is 1.43 Å². The van der Waals surface area contributed by atoms with Crippen LogP contribution in [0.1, 0.15) is 1.43 Å². The Kier molecular flexibility index (Phi) is 19.3. The Morgan fingerprint density at radius 2 is 1.62 bits per heavy atom. The molecule has 0 fully saturated rings. The van der Waals surface area contributed by atoms with Crippen LogP contribution in [-0.2, 0) is 21.5 Å². The molecule has 0 aromatic rings. The fraction of sp³-hybridized carbons (Fsp3) is 0. The van der Waals surface area contributed by atoms with Crippen molar-refractivity contribution in [1.29, 1.82) is 10.5 Å². The van der Waals surface area contributed by atoms with Gasteiger partial charge in [-0.25, -0.2) is 0 Å². The van der Waals surface area contributed by atoms with Crippen LogP contribution in [0.5, 0.6) is 0 Å². The van der Waals surface area contributed by atoms with Gasteiger partial charge in [0.2, 0.25) is 0 Å². The first-order valence-electron chi connectivity index (χ1n) is 1.43. The first-order chi connectivity index (χ1) is 3.41. The summed E-state index contributed by atoms with van der Waals surface area (Å²) in [7, 11) is 2.60. The van der Waals surface area contributed by atoms with Crippen molar-refractivity contribution in [2.75, 3.05) is 0 Å². The normalized spacial score (nSPS) is 4.75. The largest absolute Gasteiger partial charge is 1.00 e. The molecule has 34 valence electrons. The molecular weight excluding hydrogens is 356 g/mol. The molecule has 0 radical (unpaired) electrons. The minimum atomic E-state index is -1.09. The van der Waals surface area contributed by atoms with Gasteiger partial charge in [0.1, 0.15) is 0 Å². The van der Waals surface area contributed by atoms with Gasteiger partial charge in [-0.05, 0) is 0 Å². The number of nitrogens with zero attached hydrogens (tertiary/aromatic N) is 2. The molecule has 8 heavy (non-hydrogen) atoms. The summed E-state index contributed by atoms with van der Waals surface area (Å²) >= 11 is -1.09. The van der Waals surface area contributed by atoms with E-state index < -0.39 is 21.5 Å². The third-order valence-corrected chi connectivity index (χ3v) is 12.7. The zero-order valence-electron chi connectivity index (χ0n) is 5.42. The molecule has 0 bridgehead atoms. The Labute approximate surface area is 109 Å². The summed E-state index contributed by atoms with van der Waals surface area (Å²) in [5, 5.41) is 19.8. The molecule has 0 saturated carbocycles. The van der Waals surface area contributed by atoms with Gasteiger partial charge >= 0.3 is 111 Å². The van der Waals surface area contributed by atoms with E-state index in [1.165, 1.54) is 16.5 Å². The van der Waals surface area contributed by atoms with Crippen LogP contribution in [0.3, 0.4) is 0 Å². The third-order valence-electron chi connectivity index (χ3n) is 0.247. The van der Waals surface area contributed by atoms with Gasteiger partial charge in [0.25, 0.3) is 0 Å². The van der Waals surface area contributed by atoms with Crippen molar-refractivity contribution in [3.05, 3.63) is 0 Å². The fourth-order valence-electron chi connectivity index (χ4n) is 0.0822. The van der Waals surface area contributed by atoms with E-state index >= 15 is 0 Å². The zero-order valence-corrected chi connectivity index (χ0v) is 14.7. The molecule has 0 aliphatic rings. The fourth-order valence-corrected chi connectivity index (χ4v) is 6.49. The van der Waals surface area contributed by atoms with Crippen LogP contribution in [0.25, 0.3) is 0 Å². The maximum atomic E-state index is 7.94. The third kappa shape index (κ3) is 11.1. The van der Waals surface area contributed by atoms with E-state index in [1.54, 1.807) is 0 Å². The molecule has 0 atom stereocenters. The van der Waals surface area contributed by atoms with Crippen LogP contribution in [0.15, 0.2) is 0 Å². The minimum Gasteiger partial charge on any atom is -1.00 e. The van der Waals surface area contributed by atoms with Gasteiger partial charge in [0.15, 0.2) is 0 Å². The Morgan fingerprint density at radius 1 is 1.25 bits per heavy atom. The summed E-state index contributed by atoms with van der Waals surface area (Å²) in [5.74, 6) is 0. The van der Waals surface area contributed by atoms with E-state index in [9.17, 15) is 0 Å². The molecule has 0 spiro atoms. The van der Waals surface area contributed by atoms with Crippen molar-refractivity contribution in [3.63, 3.8) is 0 Å². The molecule has 0 aromatic heterocycles. The number of thiocyanates is 2. The van der Waals surface area contributed by atoms with E-state index in [-0.39, 0.29) is 52.8 Å². The van der Waals surface area contributed by atoms with E-state index in [2.05, 4.69) is 0 Å². The van der Waals surface area contributed by atoms with Crippen LogP contribution >= 0.6 is 16.5 Å².